The van der Waals surface area contributed by atoms with Crippen LogP contribution in [0.15, 0.2) is 0 Å². The van der Waals surface area contributed by atoms with Crippen LogP contribution >= 0.6 is 0 Å². The summed E-state index contributed by atoms with van der Waals surface area (Å²) >= 11 is 0. The summed E-state index contributed by atoms with van der Waals surface area (Å²) in [7, 11) is 0. The second kappa shape index (κ2) is 30.6. The Labute approximate surface area is 53.4 Å². The van der Waals surface area contributed by atoms with E-state index in [1.54, 1.807) is 0 Å². The molecule has 0 atom stereocenters. The molecule has 4 heavy (non-hydrogen) atoms. The van der Waals surface area contributed by atoms with Crippen LogP contribution in [0.3, 0.4) is 0 Å². The summed E-state index contributed by atoms with van der Waals surface area (Å²) in [6.45, 7) is 0. The number of halogens is 1. The minimum Gasteiger partial charge on any atom is -1.00 e. The van der Waals surface area contributed by atoms with Crippen LogP contribution in [0.1, 0.15) is 0 Å². The van der Waals surface area contributed by atoms with Gasteiger partial charge in [-0.2, -0.15) is 0 Å². The smallest absolute Gasteiger partial charge is 1.00 e. The van der Waals surface area contributed by atoms with Crippen LogP contribution in [0.25, 0.3) is 0 Å². The van der Waals surface area contributed by atoms with E-state index in [0.29, 0.717) is 0 Å². The third-order valence-electron chi connectivity index (χ3n) is 0. The Bertz CT molecular complexity index is 6.00. The molecule has 6 N–H and O–H groups in total. The Morgan fingerprint density at radius 1 is 0.750 bits per heavy atom. The van der Waals surface area contributed by atoms with Crippen molar-refractivity contribution in [3.05, 3.63) is 0 Å². The summed E-state index contributed by atoms with van der Waals surface area (Å²) in [6.07, 6.45) is 0. The molecule has 0 bridgehead atoms. The van der Waals surface area contributed by atoms with Gasteiger partial charge in [0.25, 0.3) is 0 Å². The van der Waals surface area contributed by atoms with Crippen molar-refractivity contribution in [3.8, 4) is 0 Å². The van der Waals surface area contributed by atoms with Gasteiger partial charge >= 0.3 is 17.1 Å². The Balaban J connectivity index is 0. The first-order valence-electron chi connectivity index (χ1n) is 0. The maximum absolute atomic E-state index is 0. The fourth-order valence-electron chi connectivity index (χ4n) is 0. The molecule has 0 saturated carbocycles. The zero-order chi connectivity index (χ0) is 0. The molecule has 2 nitrogen and oxygen atoms in total. The Morgan fingerprint density at radius 2 is 0.750 bits per heavy atom. The molecule has 0 spiro atoms. The quantitative estimate of drug-likeness (QED) is 0.348. The van der Waals surface area contributed by atoms with Gasteiger partial charge in [-0.25, -0.2) is 0 Å². The van der Waals surface area contributed by atoms with E-state index in [0.717, 1.165) is 0 Å². The zero-order valence-electron chi connectivity index (χ0n) is 2.09. The summed E-state index contributed by atoms with van der Waals surface area (Å²) in [5.74, 6) is 0. The SMILES string of the molecule is N.N.[Cu+].[I-]. The van der Waals surface area contributed by atoms with Crippen LogP contribution in [-0.4, -0.2) is 0 Å². The molecule has 0 aromatic carbocycles. The molecular weight excluding hydrogens is 218 g/mol. The number of hydrogen-bond donors (Lipinski definition) is 2. The minimum atomic E-state index is 0. The van der Waals surface area contributed by atoms with E-state index in [-0.39, 0.29) is 53.3 Å². The predicted molar refractivity (Wildman–Crippen MR) is 10.0 cm³/mol. The Morgan fingerprint density at radius 3 is 0.750 bits per heavy atom. The topological polar surface area (TPSA) is 70.0 Å². The average Bonchev–Trinajstić information content (AvgIpc) is 0. The van der Waals surface area contributed by atoms with Gasteiger partial charge in [-0.05, 0) is 0 Å². The first kappa shape index (κ1) is 65.7. The molecule has 0 aromatic heterocycles. The second-order valence-electron chi connectivity index (χ2n) is 0. The van der Waals surface area contributed by atoms with E-state index < -0.39 is 0 Å². The molecule has 0 amide bonds. The molecular formula is H6CuIN2. The number of hydrogen-bond acceptors (Lipinski definition) is 2. The molecule has 34 valence electrons. The largest absolute Gasteiger partial charge is 1.00 e. The van der Waals surface area contributed by atoms with Gasteiger partial charge in [0.15, 0.2) is 0 Å². The van der Waals surface area contributed by atoms with Gasteiger partial charge in [0.1, 0.15) is 0 Å². The summed E-state index contributed by atoms with van der Waals surface area (Å²) < 4.78 is 0. The van der Waals surface area contributed by atoms with Crippen molar-refractivity contribution in [1.29, 1.82) is 0 Å². The van der Waals surface area contributed by atoms with Crippen molar-refractivity contribution in [1.82, 2.24) is 12.3 Å². The van der Waals surface area contributed by atoms with Gasteiger partial charge in [0.2, 0.25) is 0 Å². The fraction of sp³-hybridized carbons (Fsp3) is 0. The zero-order valence-corrected chi connectivity index (χ0v) is 5.19. The number of rotatable bonds is 0. The minimum absolute atomic E-state index is 0. The van der Waals surface area contributed by atoms with Crippen molar-refractivity contribution in [2.75, 3.05) is 0 Å². The maximum Gasteiger partial charge on any atom is 1.00 e. The summed E-state index contributed by atoms with van der Waals surface area (Å²) in [5, 5.41) is 0. The Kier molecular flexibility index (Phi) is 503. The summed E-state index contributed by atoms with van der Waals surface area (Å²) in [5.41, 5.74) is 0. The van der Waals surface area contributed by atoms with Crippen molar-refractivity contribution < 1.29 is 41.0 Å². The first-order chi connectivity index (χ1) is 0. The van der Waals surface area contributed by atoms with Crippen molar-refractivity contribution in [2.24, 2.45) is 0 Å². The molecule has 0 aromatic rings. The van der Waals surface area contributed by atoms with Gasteiger partial charge in [-0.1, -0.05) is 0 Å². The van der Waals surface area contributed by atoms with Crippen molar-refractivity contribution in [3.63, 3.8) is 0 Å². The maximum atomic E-state index is 0. The second-order valence-corrected chi connectivity index (χ2v) is 0. The van der Waals surface area contributed by atoms with E-state index in [1.807, 2.05) is 0 Å². The summed E-state index contributed by atoms with van der Waals surface area (Å²) in [6, 6.07) is 0. The summed E-state index contributed by atoms with van der Waals surface area (Å²) in [4.78, 5) is 0. The van der Waals surface area contributed by atoms with Crippen LogP contribution in [0.4, 0.5) is 0 Å². The van der Waals surface area contributed by atoms with Crippen LogP contribution in [0, 0.1) is 0 Å². The van der Waals surface area contributed by atoms with Gasteiger partial charge in [0.05, 0.1) is 0 Å². The van der Waals surface area contributed by atoms with E-state index in [4.69, 9.17) is 0 Å². The molecule has 0 unspecified atom stereocenters. The van der Waals surface area contributed by atoms with Crippen LogP contribution < -0.4 is 36.3 Å². The van der Waals surface area contributed by atoms with Gasteiger partial charge in [0, 0.05) is 0 Å². The fourth-order valence-corrected chi connectivity index (χ4v) is 0. The van der Waals surface area contributed by atoms with E-state index in [9.17, 15) is 0 Å². The molecule has 0 aliphatic carbocycles. The third-order valence-corrected chi connectivity index (χ3v) is 0. The average molecular weight is 225 g/mol. The van der Waals surface area contributed by atoms with Crippen LogP contribution in [-0.2, 0) is 17.1 Å². The molecule has 0 rings (SSSR count). The Hall–Kier alpha value is 1.17. The molecule has 0 heterocycles. The van der Waals surface area contributed by atoms with Crippen LogP contribution in [0.2, 0.25) is 0 Å². The molecule has 0 saturated heterocycles. The molecule has 0 aliphatic heterocycles. The van der Waals surface area contributed by atoms with Crippen molar-refractivity contribution in [2.45, 2.75) is 0 Å². The van der Waals surface area contributed by atoms with E-state index >= 15 is 0 Å². The van der Waals surface area contributed by atoms with Gasteiger partial charge < -0.3 is 36.3 Å². The molecule has 0 radical (unpaired) electrons. The van der Waals surface area contributed by atoms with E-state index in [2.05, 4.69) is 0 Å². The standard InChI is InChI=1S/Cu.HI.2H3N/h;1H;2*1H3/q+1;;;/p-1. The normalized spacial score (nSPS) is 0. The molecule has 4 heteroatoms. The molecule has 0 aliphatic rings. The third kappa shape index (κ3) is 10.9. The molecule has 0 fully saturated rings. The predicted octanol–water partition coefficient (Wildman–Crippen LogP) is -2.67. The monoisotopic (exact) mass is 224 g/mol. The first-order valence-corrected chi connectivity index (χ1v) is 0. The van der Waals surface area contributed by atoms with Crippen LogP contribution in [0.5, 0.6) is 0 Å². The van der Waals surface area contributed by atoms with E-state index in [1.165, 1.54) is 0 Å². The van der Waals surface area contributed by atoms with Crippen molar-refractivity contribution >= 4 is 0 Å². The van der Waals surface area contributed by atoms with Gasteiger partial charge in [-0.15, -0.1) is 0 Å². The van der Waals surface area contributed by atoms with Gasteiger partial charge in [-0.3, -0.25) is 0 Å².